The van der Waals surface area contributed by atoms with Gasteiger partial charge in [-0.3, -0.25) is 0 Å². The van der Waals surface area contributed by atoms with E-state index in [1.807, 2.05) is 0 Å². The van der Waals surface area contributed by atoms with Gasteiger partial charge in [-0.2, -0.15) is 26.3 Å². The van der Waals surface area contributed by atoms with Crippen LogP contribution in [-0.4, -0.2) is 20.8 Å². The first kappa shape index (κ1) is 22.4. The number of rotatable bonds is 6. The van der Waals surface area contributed by atoms with Gasteiger partial charge in [0.15, 0.2) is 5.16 Å². The van der Waals surface area contributed by atoms with Crippen LogP contribution in [0.2, 0.25) is 5.02 Å². The number of nitrogens with zero attached hydrogens (tertiary/aromatic N) is 3. The summed E-state index contributed by atoms with van der Waals surface area (Å²) in [6, 6.07) is 3.78. The van der Waals surface area contributed by atoms with Gasteiger partial charge in [-0.25, -0.2) is 9.97 Å². The summed E-state index contributed by atoms with van der Waals surface area (Å²) >= 11 is 6.76. The molecule has 4 nitrogen and oxygen atoms in total. The smallest absolute Gasteiger partial charge is 0.319 e. The standard InChI is InChI=1S/C18H12ClF6N3OS/c19-12-7-11(18(23,24)25)9-26-15(12)30-16-27-13-8-10(17(20,21)22)3-4-14(13)28(16)5-1-2-6-29/h3-4,6-9H,1-2,5H2. The zero-order valence-corrected chi connectivity index (χ0v) is 16.5. The maximum Gasteiger partial charge on any atom is 0.417 e. The van der Waals surface area contributed by atoms with Crippen molar-refractivity contribution in [1.29, 1.82) is 0 Å². The molecular weight excluding hydrogens is 456 g/mol. The summed E-state index contributed by atoms with van der Waals surface area (Å²) in [7, 11) is 0. The predicted molar refractivity (Wildman–Crippen MR) is 98.4 cm³/mol. The van der Waals surface area contributed by atoms with Crippen molar-refractivity contribution in [3.8, 4) is 0 Å². The van der Waals surface area contributed by atoms with Crippen LogP contribution in [-0.2, 0) is 23.7 Å². The fraction of sp³-hybridized carbons (Fsp3) is 0.278. The lowest BCUT2D eigenvalue weighted by Gasteiger charge is -2.10. The number of aldehydes is 1. The van der Waals surface area contributed by atoms with E-state index in [4.69, 9.17) is 11.6 Å². The van der Waals surface area contributed by atoms with Crippen molar-refractivity contribution in [3.05, 3.63) is 46.6 Å². The van der Waals surface area contributed by atoms with E-state index >= 15 is 0 Å². The van der Waals surface area contributed by atoms with Crippen LogP contribution in [0.5, 0.6) is 0 Å². The fourth-order valence-electron chi connectivity index (χ4n) is 2.65. The van der Waals surface area contributed by atoms with Crippen molar-refractivity contribution in [2.45, 2.75) is 41.9 Å². The van der Waals surface area contributed by atoms with Gasteiger partial charge in [-0.15, -0.1) is 0 Å². The minimum Gasteiger partial charge on any atom is -0.319 e. The summed E-state index contributed by atoms with van der Waals surface area (Å²) in [6.07, 6.45) is -7.21. The number of halogens is 7. The summed E-state index contributed by atoms with van der Waals surface area (Å²) in [5, 5.41) is -0.0469. The molecule has 0 fully saturated rings. The molecule has 3 rings (SSSR count). The maximum atomic E-state index is 13.0. The minimum atomic E-state index is -4.62. The molecule has 3 aromatic rings. The van der Waals surface area contributed by atoms with Crippen LogP contribution >= 0.6 is 23.4 Å². The van der Waals surface area contributed by atoms with Crippen molar-refractivity contribution >= 4 is 40.7 Å². The van der Waals surface area contributed by atoms with Crippen molar-refractivity contribution in [1.82, 2.24) is 14.5 Å². The van der Waals surface area contributed by atoms with Gasteiger partial charge in [0.25, 0.3) is 0 Å². The van der Waals surface area contributed by atoms with E-state index in [-0.39, 0.29) is 33.7 Å². The van der Waals surface area contributed by atoms with Crippen LogP contribution in [0.25, 0.3) is 11.0 Å². The van der Waals surface area contributed by atoms with E-state index in [1.54, 1.807) is 4.57 Å². The van der Waals surface area contributed by atoms with E-state index in [1.165, 1.54) is 6.07 Å². The molecule has 0 N–H and O–H groups in total. The third kappa shape index (κ3) is 4.89. The number of alkyl halides is 6. The molecular formula is C18H12ClF6N3OS. The average molecular weight is 468 g/mol. The van der Waals surface area contributed by atoms with E-state index in [0.29, 0.717) is 24.4 Å². The summed E-state index contributed by atoms with van der Waals surface area (Å²) in [5.41, 5.74) is -1.46. The van der Waals surface area contributed by atoms with Crippen LogP contribution in [0.15, 0.2) is 40.6 Å². The average Bonchev–Trinajstić information content (AvgIpc) is 2.98. The quantitative estimate of drug-likeness (QED) is 0.244. The molecule has 0 radical (unpaired) electrons. The largest absolute Gasteiger partial charge is 0.417 e. The van der Waals surface area contributed by atoms with Gasteiger partial charge in [0.2, 0.25) is 0 Å². The first-order valence-electron chi connectivity index (χ1n) is 8.42. The second kappa shape index (κ2) is 8.46. The van der Waals surface area contributed by atoms with E-state index < -0.39 is 23.5 Å². The van der Waals surface area contributed by atoms with Crippen LogP contribution in [0.1, 0.15) is 24.0 Å². The fourth-order valence-corrected chi connectivity index (χ4v) is 3.81. The lowest BCUT2D eigenvalue weighted by atomic mass is 10.2. The Morgan fingerprint density at radius 1 is 1.07 bits per heavy atom. The molecule has 0 unspecified atom stereocenters. The summed E-state index contributed by atoms with van der Waals surface area (Å²) in [5.74, 6) is 0. The summed E-state index contributed by atoms with van der Waals surface area (Å²) < 4.78 is 79.0. The highest BCUT2D eigenvalue weighted by molar-refractivity contribution is 7.99. The number of imidazole rings is 1. The Kier molecular flexibility index (Phi) is 6.32. The Hall–Kier alpha value is -2.27. The van der Waals surface area contributed by atoms with Crippen LogP contribution in [0.3, 0.4) is 0 Å². The number of aromatic nitrogens is 3. The number of fused-ring (bicyclic) bond motifs is 1. The third-order valence-electron chi connectivity index (χ3n) is 4.07. The number of carbonyl (C=O) groups is 1. The minimum absolute atomic E-state index is 0.0210. The molecule has 12 heteroatoms. The van der Waals surface area contributed by atoms with Gasteiger partial charge in [0.05, 0.1) is 27.2 Å². The topological polar surface area (TPSA) is 47.8 Å². The van der Waals surface area contributed by atoms with Crippen LogP contribution in [0, 0.1) is 0 Å². The van der Waals surface area contributed by atoms with E-state index in [2.05, 4.69) is 9.97 Å². The number of aryl methyl sites for hydroxylation is 1. The highest BCUT2D eigenvalue weighted by Crippen LogP contribution is 2.38. The van der Waals surface area contributed by atoms with Gasteiger partial charge in [0, 0.05) is 19.2 Å². The molecule has 160 valence electrons. The Labute approximate surface area is 175 Å². The molecule has 0 bridgehead atoms. The molecule has 0 atom stereocenters. The Morgan fingerprint density at radius 2 is 1.77 bits per heavy atom. The molecule has 0 spiro atoms. The number of pyridine rings is 1. The second-order valence-electron chi connectivity index (χ2n) is 6.17. The Balaban J connectivity index is 2.03. The number of unbranched alkanes of at least 4 members (excludes halogenated alkanes) is 1. The zero-order valence-electron chi connectivity index (χ0n) is 14.9. The first-order chi connectivity index (χ1) is 14.0. The normalized spacial score (nSPS) is 12.5. The third-order valence-corrected chi connectivity index (χ3v) is 5.48. The van der Waals surface area contributed by atoms with Gasteiger partial charge in [-0.05, 0) is 42.4 Å². The van der Waals surface area contributed by atoms with Crippen LogP contribution < -0.4 is 0 Å². The predicted octanol–water partition coefficient (Wildman–Crippen LogP) is 6.25. The Bertz CT molecular complexity index is 1080. The molecule has 0 saturated heterocycles. The van der Waals surface area contributed by atoms with Gasteiger partial charge in [-0.1, -0.05) is 11.6 Å². The maximum absolute atomic E-state index is 13.0. The molecule has 30 heavy (non-hydrogen) atoms. The first-order valence-corrected chi connectivity index (χ1v) is 9.62. The molecule has 0 aliphatic rings. The van der Waals surface area contributed by atoms with E-state index in [9.17, 15) is 31.1 Å². The summed E-state index contributed by atoms with van der Waals surface area (Å²) in [6.45, 7) is 0.265. The number of hydrogen-bond donors (Lipinski definition) is 0. The van der Waals surface area contributed by atoms with Gasteiger partial charge < -0.3 is 9.36 Å². The van der Waals surface area contributed by atoms with Gasteiger partial charge in [0.1, 0.15) is 11.3 Å². The SMILES string of the molecule is O=CCCCn1c(Sc2ncc(C(F)(F)F)cc2Cl)nc2cc(C(F)(F)F)ccc21. The van der Waals surface area contributed by atoms with E-state index in [0.717, 1.165) is 30.0 Å². The number of carbonyl (C=O) groups excluding carboxylic acids is 1. The van der Waals surface area contributed by atoms with Gasteiger partial charge >= 0.3 is 12.4 Å². The molecule has 0 aliphatic carbocycles. The molecule has 0 amide bonds. The Morgan fingerprint density at radius 3 is 2.37 bits per heavy atom. The number of benzene rings is 1. The zero-order chi connectivity index (χ0) is 22.1. The molecule has 2 aromatic heterocycles. The number of hydrogen-bond acceptors (Lipinski definition) is 4. The van der Waals surface area contributed by atoms with Crippen molar-refractivity contribution in [2.75, 3.05) is 0 Å². The monoisotopic (exact) mass is 467 g/mol. The summed E-state index contributed by atoms with van der Waals surface area (Å²) in [4.78, 5) is 18.5. The van der Waals surface area contributed by atoms with Crippen molar-refractivity contribution in [3.63, 3.8) is 0 Å². The lowest BCUT2D eigenvalue weighted by molar-refractivity contribution is -0.138. The molecule has 2 heterocycles. The highest BCUT2D eigenvalue weighted by Gasteiger charge is 2.32. The molecule has 0 aliphatic heterocycles. The molecule has 1 aromatic carbocycles. The second-order valence-corrected chi connectivity index (χ2v) is 7.53. The van der Waals surface area contributed by atoms with Crippen molar-refractivity contribution in [2.24, 2.45) is 0 Å². The lowest BCUT2D eigenvalue weighted by Crippen LogP contribution is -2.06. The van der Waals surface area contributed by atoms with Crippen molar-refractivity contribution < 1.29 is 31.1 Å². The molecule has 0 saturated carbocycles. The highest BCUT2D eigenvalue weighted by atomic mass is 35.5. The van der Waals surface area contributed by atoms with Crippen LogP contribution in [0.4, 0.5) is 26.3 Å².